The summed E-state index contributed by atoms with van der Waals surface area (Å²) in [6, 6.07) is 20.7. The predicted octanol–water partition coefficient (Wildman–Crippen LogP) is 4.23. The van der Waals surface area contributed by atoms with Crippen molar-refractivity contribution < 1.29 is 4.74 Å². The fourth-order valence-corrected chi connectivity index (χ4v) is 1.81. The Balaban J connectivity index is 0.00000144. The van der Waals surface area contributed by atoms with Crippen molar-refractivity contribution in [3.8, 4) is 0 Å². The topological polar surface area (TPSA) is 9.23 Å². The largest absolute Gasteiger partial charge is 0.369 e. The van der Waals surface area contributed by atoms with Crippen molar-refractivity contribution in [1.82, 2.24) is 0 Å². The fraction of sp³-hybridized carbons (Fsp3) is 0.200. The van der Waals surface area contributed by atoms with Crippen LogP contribution in [0.5, 0.6) is 0 Å². The van der Waals surface area contributed by atoms with Crippen molar-refractivity contribution in [2.75, 3.05) is 6.61 Å². The summed E-state index contributed by atoms with van der Waals surface area (Å²) >= 11 is 0. The van der Waals surface area contributed by atoms with Crippen LogP contribution in [0.25, 0.3) is 0 Å². The molecular formula is C15H17ClO. The summed E-state index contributed by atoms with van der Waals surface area (Å²) in [6.07, 6.45) is 0.0485. The van der Waals surface area contributed by atoms with Crippen LogP contribution < -0.4 is 0 Å². The molecule has 0 amide bonds. The Morgan fingerprint density at radius 2 is 1.24 bits per heavy atom. The second-order valence-corrected chi connectivity index (χ2v) is 3.66. The maximum Gasteiger partial charge on any atom is 0.108 e. The highest BCUT2D eigenvalue weighted by Gasteiger charge is 2.12. The molecule has 0 spiro atoms. The lowest BCUT2D eigenvalue weighted by Gasteiger charge is -2.17. The quantitative estimate of drug-likeness (QED) is 0.787. The van der Waals surface area contributed by atoms with Crippen molar-refractivity contribution in [1.29, 1.82) is 0 Å². The average molecular weight is 249 g/mol. The third kappa shape index (κ3) is 3.58. The molecule has 0 saturated carbocycles. The molecule has 0 aliphatic rings. The van der Waals surface area contributed by atoms with Gasteiger partial charge in [0.2, 0.25) is 0 Å². The lowest BCUT2D eigenvalue weighted by molar-refractivity contribution is 0.0913. The molecule has 0 fully saturated rings. The van der Waals surface area contributed by atoms with Crippen LogP contribution in [0.3, 0.4) is 0 Å². The van der Waals surface area contributed by atoms with E-state index >= 15 is 0 Å². The number of hydrogen-bond donors (Lipinski definition) is 0. The molecule has 0 aliphatic heterocycles. The van der Waals surface area contributed by atoms with Gasteiger partial charge in [-0.15, -0.1) is 12.4 Å². The van der Waals surface area contributed by atoms with E-state index in [9.17, 15) is 0 Å². The van der Waals surface area contributed by atoms with Gasteiger partial charge < -0.3 is 4.74 Å². The van der Waals surface area contributed by atoms with Crippen molar-refractivity contribution in [2.24, 2.45) is 0 Å². The van der Waals surface area contributed by atoms with E-state index in [4.69, 9.17) is 4.74 Å². The normalized spacial score (nSPS) is 10.0. The van der Waals surface area contributed by atoms with Gasteiger partial charge in [-0.2, -0.15) is 0 Å². The van der Waals surface area contributed by atoms with Gasteiger partial charge in [-0.3, -0.25) is 0 Å². The van der Waals surface area contributed by atoms with Gasteiger partial charge in [-0.25, -0.2) is 0 Å². The Bertz CT molecular complexity index is 374. The molecule has 0 aromatic heterocycles. The number of halogens is 1. The molecule has 0 bridgehead atoms. The van der Waals surface area contributed by atoms with Crippen LogP contribution in [0.15, 0.2) is 60.7 Å². The standard InChI is InChI=1S/C15H16O.ClH/c1-2-16-15(13-9-5-3-6-10-13)14-11-7-4-8-12-14;/h3-12,15H,2H2,1H3;1H. The van der Waals surface area contributed by atoms with Crippen LogP contribution in [-0.2, 0) is 4.74 Å². The van der Waals surface area contributed by atoms with E-state index in [-0.39, 0.29) is 18.5 Å². The van der Waals surface area contributed by atoms with E-state index in [1.54, 1.807) is 0 Å². The molecule has 1 nitrogen and oxygen atoms in total. The summed E-state index contributed by atoms with van der Waals surface area (Å²) < 4.78 is 5.81. The van der Waals surface area contributed by atoms with E-state index in [0.717, 1.165) is 0 Å². The molecule has 0 heterocycles. The highest BCUT2D eigenvalue weighted by molar-refractivity contribution is 5.85. The maximum atomic E-state index is 5.81. The number of rotatable bonds is 4. The zero-order chi connectivity index (χ0) is 11.2. The zero-order valence-corrected chi connectivity index (χ0v) is 10.7. The molecule has 0 unspecified atom stereocenters. The van der Waals surface area contributed by atoms with E-state index < -0.39 is 0 Å². The van der Waals surface area contributed by atoms with Crippen molar-refractivity contribution in [3.63, 3.8) is 0 Å². The average Bonchev–Trinajstić information content (AvgIpc) is 2.38. The second-order valence-electron chi connectivity index (χ2n) is 3.66. The fourth-order valence-electron chi connectivity index (χ4n) is 1.81. The second kappa shape index (κ2) is 7.10. The summed E-state index contributed by atoms with van der Waals surface area (Å²) in [7, 11) is 0. The van der Waals surface area contributed by atoms with Crippen LogP contribution in [0.4, 0.5) is 0 Å². The first kappa shape index (κ1) is 13.8. The first-order valence-corrected chi connectivity index (χ1v) is 5.63. The van der Waals surface area contributed by atoms with Crippen LogP contribution in [-0.4, -0.2) is 6.61 Å². The highest BCUT2D eigenvalue weighted by Crippen LogP contribution is 2.25. The van der Waals surface area contributed by atoms with Crippen molar-refractivity contribution in [3.05, 3.63) is 71.8 Å². The minimum Gasteiger partial charge on any atom is -0.369 e. The molecular weight excluding hydrogens is 232 g/mol. The third-order valence-electron chi connectivity index (χ3n) is 2.54. The third-order valence-corrected chi connectivity index (χ3v) is 2.54. The van der Waals surface area contributed by atoms with Crippen molar-refractivity contribution in [2.45, 2.75) is 13.0 Å². The van der Waals surface area contributed by atoms with Gasteiger partial charge >= 0.3 is 0 Å². The molecule has 0 atom stereocenters. The summed E-state index contributed by atoms with van der Waals surface area (Å²) in [5, 5.41) is 0. The Kier molecular flexibility index (Phi) is 5.75. The zero-order valence-electron chi connectivity index (χ0n) is 9.87. The SMILES string of the molecule is CCOC(c1ccccc1)c1ccccc1.Cl. The van der Waals surface area contributed by atoms with E-state index in [1.807, 2.05) is 43.3 Å². The monoisotopic (exact) mass is 248 g/mol. The molecule has 2 rings (SSSR count). The van der Waals surface area contributed by atoms with Crippen molar-refractivity contribution >= 4 is 12.4 Å². The van der Waals surface area contributed by atoms with Gasteiger partial charge in [-0.1, -0.05) is 60.7 Å². The molecule has 17 heavy (non-hydrogen) atoms. The van der Waals surface area contributed by atoms with Gasteiger partial charge in [0.1, 0.15) is 6.10 Å². The van der Waals surface area contributed by atoms with E-state index in [2.05, 4.69) is 24.3 Å². The summed E-state index contributed by atoms with van der Waals surface area (Å²) in [5.41, 5.74) is 2.41. The molecule has 90 valence electrons. The first-order valence-electron chi connectivity index (χ1n) is 5.63. The van der Waals surface area contributed by atoms with Gasteiger partial charge in [0.15, 0.2) is 0 Å². The van der Waals surface area contributed by atoms with Crippen LogP contribution in [0, 0.1) is 0 Å². The Morgan fingerprint density at radius 3 is 1.59 bits per heavy atom. The molecule has 0 radical (unpaired) electrons. The van der Waals surface area contributed by atoms with E-state index in [1.165, 1.54) is 11.1 Å². The molecule has 2 aromatic rings. The minimum absolute atomic E-state index is 0. The van der Waals surface area contributed by atoms with Crippen LogP contribution in [0.2, 0.25) is 0 Å². The first-order chi connectivity index (χ1) is 7.92. The summed E-state index contributed by atoms with van der Waals surface area (Å²) in [4.78, 5) is 0. The lowest BCUT2D eigenvalue weighted by Crippen LogP contribution is -2.05. The highest BCUT2D eigenvalue weighted by atomic mass is 35.5. The molecule has 0 N–H and O–H groups in total. The lowest BCUT2D eigenvalue weighted by atomic mass is 10.0. The predicted molar refractivity (Wildman–Crippen MR) is 73.6 cm³/mol. The molecule has 2 heteroatoms. The summed E-state index contributed by atoms with van der Waals surface area (Å²) in [5.74, 6) is 0. The van der Waals surface area contributed by atoms with E-state index in [0.29, 0.717) is 6.61 Å². The van der Waals surface area contributed by atoms with Gasteiger partial charge in [0.05, 0.1) is 0 Å². The van der Waals surface area contributed by atoms with Gasteiger partial charge in [0, 0.05) is 6.61 Å². The van der Waals surface area contributed by atoms with Gasteiger partial charge in [-0.05, 0) is 18.1 Å². The van der Waals surface area contributed by atoms with Crippen LogP contribution >= 0.6 is 12.4 Å². The smallest absolute Gasteiger partial charge is 0.108 e. The number of ether oxygens (including phenoxy) is 1. The molecule has 0 aliphatic carbocycles. The van der Waals surface area contributed by atoms with Crippen LogP contribution in [0.1, 0.15) is 24.2 Å². The Labute approximate surface area is 109 Å². The molecule has 2 aromatic carbocycles. The minimum atomic E-state index is 0. The number of hydrogen-bond acceptors (Lipinski definition) is 1. The Hall–Kier alpha value is -1.31. The summed E-state index contributed by atoms with van der Waals surface area (Å²) in [6.45, 7) is 2.74. The van der Waals surface area contributed by atoms with Gasteiger partial charge in [0.25, 0.3) is 0 Å². The Morgan fingerprint density at radius 1 is 0.824 bits per heavy atom. The molecule has 0 saturated heterocycles. The maximum absolute atomic E-state index is 5.81. The number of benzene rings is 2.